The molecule has 1 aromatic carbocycles. The molecular weight excluding hydrogens is 316 g/mol. The number of aliphatic hydroxyl groups is 1. The quantitative estimate of drug-likeness (QED) is 0.507. The Kier molecular flexibility index (Phi) is 7.72. The van der Waals surface area contributed by atoms with Crippen molar-refractivity contribution in [2.24, 2.45) is 4.99 Å². The van der Waals surface area contributed by atoms with Gasteiger partial charge < -0.3 is 20.5 Å². The molecule has 1 atom stereocenters. The van der Waals surface area contributed by atoms with Crippen molar-refractivity contribution in [3.05, 3.63) is 59.8 Å². The minimum absolute atomic E-state index is 0.452. The minimum Gasteiger partial charge on any atom is -0.481 e. The summed E-state index contributed by atoms with van der Waals surface area (Å²) in [6, 6.07) is 15.3. The van der Waals surface area contributed by atoms with Crippen LogP contribution in [0.1, 0.15) is 30.7 Å². The maximum absolute atomic E-state index is 10.2. The van der Waals surface area contributed by atoms with Gasteiger partial charge in [-0.25, -0.2) is 9.98 Å². The molecule has 25 heavy (non-hydrogen) atoms. The molecule has 0 bridgehead atoms. The van der Waals surface area contributed by atoms with Crippen LogP contribution >= 0.6 is 0 Å². The van der Waals surface area contributed by atoms with Gasteiger partial charge in [0, 0.05) is 19.2 Å². The molecule has 1 aromatic heterocycles. The van der Waals surface area contributed by atoms with Crippen molar-refractivity contribution in [2.45, 2.75) is 26.0 Å². The summed E-state index contributed by atoms with van der Waals surface area (Å²) >= 11 is 0. The van der Waals surface area contributed by atoms with Crippen molar-refractivity contribution < 1.29 is 9.84 Å². The molecule has 2 rings (SSSR count). The number of aliphatic hydroxyl groups excluding tert-OH is 1. The molecular formula is C19H26N4O2. The molecule has 0 saturated carbocycles. The van der Waals surface area contributed by atoms with Crippen LogP contribution in [0.2, 0.25) is 0 Å². The second-order valence-corrected chi connectivity index (χ2v) is 5.51. The van der Waals surface area contributed by atoms with Crippen molar-refractivity contribution in [1.29, 1.82) is 0 Å². The van der Waals surface area contributed by atoms with Gasteiger partial charge in [0.2, 0.25) is 5.88 Å². The van der Waals surface area contributed by atoms with Gasteiger partial charge in [-0.1, -0.05) is 36.4 Å². The van der Waals surface area contributed by atoms with Gasteiger partial charge in [0.1, 0.15) is 0 Å². The Morgan fingerprint density at radius 1 is 1.16 bits per heavy atom. The zero-order valence-electron chi connectivity index (χ0n) is 14.8. The molecule has 0 radical (unpaired) electrons. The van der Waals surface area contributed by atoms with Gasteiger partial charge >= 0.3 is 0 Å². The molecule has 0 aliphatic carbocycles. The average Bonchev–Trinajstić information content (AvgIpc) is 2.66. The van der Waals surface area contributed by atoms with Crippen molar-refractivity contribution in [3.63, 3.8) is 0 Å². The van der Waals surface area contributed by atoms with E-state index in [1.165, 1.54) is 0 Å². The van der Waals surface area contributed by atoms with Crippen LogP contribution in [-0.2, 0) is 6.54 Å². The maximum Gasteiger partial charge on any atom is 0.213 e. The first-order valence-electron chi connectivity index (χ1n) is 8.48. The van der Waals surface area contributed by atoms with Crippen LogP contribution in [0.25, 0.3) is 0 Å². The van der Waals surface area contributed by atoms with Crippen molar-refractivity contribution in [1.82, 2.24) is 15.6 Å². The summed E-state index contributed by atoms with van der Waals surface area (Å²) in [6.07, 6.45) is 0.114. The molecule has 0 aliphatic heterocycles. The third kappa shape index (κ3) is 6.43. The fraction of sp³-hybridized carbons (Fsp3) is 0.368. The number of ether oxygens (including phenoxy) is 1. The predicted molar refractivity (Wildman–Crippen MR) is 99.6 cm³/mol. The van der Waals surface area contributed by atoms with Crippen LogP contribution in [0.5, 0.6) is 5.88 Å². The Morgan fingerprint density at radius 3 is 2.68 bits per heavy atom. The molecule has 6 heteroatoms. The standard InChI is InChI=1S/C19H26N4O2/c1-3-20-19(22-14-16-10-7-11-18(23-16)25-2)21-13-12-17(24)15-8-5-4-6-9-15/h4-11,17,24H,3,12-14H2,1-2H3,(H2,20,21,22). The predicted octanol–water partition coefficient (Wildman–Crippen LogP) is 2.27. The van der Waals surface area contributed by atoms with E-state index < -0.39 is 6.10 Å². The van der Waals surface area contributed by atoms with E-state index in [1.807, 2.05) is 55.5 Å². The Morgan fingerprint density at radius 2 is 1.96 bits per heavy atom. The van der Waals surface area contributed by atoms with E-state index in [9.17, 15) is 5.11 Å². The second kappa shape index (κ2) is 10.3. The summed E-state index contributed by atoms with van der Waals surface area (Å²) in [5.41, 5.74) is 1.76. The number of guanidine groups is 1. The number of pyridine rings is 1. The molecule has 0 saturated heterocycles. The van der Waals surface area contributed by atoms with Crippen LogP contribution in [0.15, 0.2) is 53.5 Å². The average molecular weight is 342 g/mol. The van der Waals surface area contributed by atoms with Crippen molar-refractivity contribution in [2.75, 3.05) is 20.2 Å². The Bertz CT molecular complexity index is 661. The number of benzene rings is 1. The molecule has 1 heterocycles. The molecule has 6 nitrogen and oxygen atoms in total. The highest BCUT2D eigenvalue weighted by molar-refractivity contribution is 5.79. The van der Waals surface area contributed by atoms with Crippen LogP contribution < -0.4 is 15.4 Å². The fourth-order valence-corrected chi connectivity index (χ4v) is 2.33. The number of aliphatic imine (C=N–C) groups is 1. The van der Waals surface area contributed by atoms with Gasteiger partial charge in [0.15, 0.2) is 5.96 Å². The molecule has 2 aromatic rings. The van der Waals surface area contributed by atoms with Gasteiger partial charge in [-0.15, -0.1) is 0 Å². The summed E-state index contributed by atoms with van der Waals surface area (Å²) in [5.74, 6) is 1.28. The lowest BCUT2D eigenvalue weighted by molar-refractivity contribution is 0.168. The topological polar surface area (TPSA) is 78.8 Å². The van der Waals surface area contributed by atoms with Gasteiger partial charge in [-0.05, 0) is 25.0 Å². The normalized spacial score (nSPS) is 12.5. The maximum atomic E-state index is 10.2. The largest absolute Gasteiger partial charge is 0.481 e. The highest BCUT2D eigenvalue weighted by Gasteiger charge is 2.07. The van der Waals surface area contributed by atoms with E-state index in [1.54, 1.807) is 7.11 Å². The zero-order valence-corrected chi connectivity index (χ0v) is 14.8. The van der Waals surface area contributed by atoms with Crippen LogP contribution in [0, 0.1) is 0 Å². The molecule has 0 aliphatic rings. The molecule has 1 unspecified atom stereocenters. The molecule has 0 amide bonds. The second-order valence-electron chi connectivity index (χ2n) is 5.51. The van der Waals surface area contributed by atoms with E-state index in [0.29, 0.717) is 31.3 Å². The number of hydrogen-bond acceptors (Lipinski definition) is 4. The number of methoxy groups -OCH3 is 1. The minimum atomic E-state index is -0.489. The monoisotopic (exact) mass is 342 g/mol. The van der Waals surface area contributed by atoms with Gasteiger partial charge in [-0.3, -0.25) is 0 Å². The molecule has 0 fully saturated rings. The first-order valence-corrected chi connectivity index (χ1v) is 8.48. The summed E-state index contributed by atoms with van der Waals surface area (Å²) in [6.45, 7) is 3.85. The summed E-state index contributed by atoms with van der Waals surface area (Å²) in [5, 5.41) is 16.6. The van der Waals surface area contributed by atoms with Crippen LogP contribution in [-0.4, -0.2) is 36.2 Å². The SMILES string of the molecule is CCNC(=NCc1cccc(OC)n1)NCCC(O)c1ccccc1. The van der Waals surface area contributed by atoms with E-state index in [2.05, 4.69) is 20.6 Å². The number of rotatable bonds is 8. The van der Waals surface area contributed by atoms with Crippen molar-refractivity contribution in [3.8, 4) is 5.88 Å². The van der Waals surface area contributed by atoms with E-state index in [-0.39, 0.29) is 0 Å². The zero-order chi connectivity index (χ0) is 17.9. The lowest BCUT2D eigenvalue weighted by atomic mass is 10.1. The summed E-state index contributed by atoms with van der Waals surface area (Å²) in [4.78, 5) is 8.87. The van der Waals surface area contributed by atoms with E-state index in [0.717, 1.165) is 17.8 Å². The number of hydrogen-bond donors (Lipinski definition) is 3. The summed E-state index contributed by atoms with van der Waals surface area (Å²) < 4.78 is 5.12. The van der Waals surface area contributed by atoms with E-state index in [4.69, 9.17) is 4.74 Å². The third-order valence-corrected chi connectivity index (χ3v) is 3.63. The number of nitrogens with one attached hydrogen (secondary N) is 2. The third-order valence-electron chi connectivity index (χ3n) is 3.63. The molecule has 134 valence electrons. The lowest BCUT2D eigenvalue weighted by Gasteiger charge is -2.14. The Labute approximate surface area is 149 Å². The number of nitrogens with zero attached hydrogens (tertiary/aromatic N) is 2. The van der Waals surface area contributed by atoms with E-state index >= 15 is 0 Å². The van der Waals surface area contributed by atoms with Gasteiger partial charge in [0.25, 0.3) is 0 Å². The highest BCUT2D eigenvalue weighted by atomic mass is 16.5. The van der Waals surface area contributed by atoms with Crippen LogP contribution in [0.4, 0.5) is 0 Å². The van der Waals surface area contributed by atoms with Crippen LogP contribution in [0.3, 0.4) is 0 Å². The fourth-order valence-electron chi connectivity index (χ4n) is 2.33. The Balaban J connectivity index is 1.87. The highest BCUT2D eigenvalue weighted by Crippen LogP contribution is 2.14. The smallest absolute Gasteiger partial charge is 0.213 e. The summed E-state index contributed by atoms with van der Waals surface area (Å²) in [7, 11) is 1.60. The molecule has 0 spiro atoms. The number of aromatic nitrogens is 1. The van der Waals surface area contributed by atoms with Gasteiger partial charge in [0.05, 0.1) is 25.5 Å². The first kappa shape index (κ1) is 18.7. The first-order chi connectivity index (χ1) is 12.2. The molecule has 3 N–H and O–H groups in total. The lowest BCUT2D eigenvalue weighted by Crippen LogP contribution is -2.38. The van der Waals surface area contributed by atoms with Gasteiger partial charge in [-0.2, -0.15) is 0 Å². The Hall–Kier alpha value is -2.60. The van der Waals surface area contributed by atoms with Crippen molar-refractivity contribution >= 4 is 5.96 Å².